The highest BCUT2D eigenvalue weighted by atomic mass is 15.4. The van der Waals surface area contributed by atoms with Crippen molar-refractivity contribution >= 4 is 5.96 Å². The molecule has 0 bridgehead atoms. The fourth-order valence-electron chi connectivity index (χ4n) is 4.13. The number of aliphatic imine (C=N–C) groups is 1. The molecule has 1 aromatic heterocycles. The Balaban J connectivity index is 1.29. The van der Waals surface area contributed by atoms with Crippen molar-refractivity contribution in [2.45, 2.75) is 45.3 Å². The summed E-state index contributed by atoms with van der Waals surface area (Å²) in [5, 5.41) is 12.3. The second-order valence-corrected chi connectivity index (χ2v) is 7.64. The molecule has 1 saturated heterocycles. The van der Waals surface area contributed by atoms with Gasteiger partial charge in [-0.05, 0) is 18.4 Å². The topological polar surface area (TPSA) is 61.6 Å². The number of piperazine rings is 1. The Kier molecular flexibility index (Phi) is 6.21. The van der Waals surface area contributed by atoms with E-state index in [4.69, 9.17) is 0 Å². The third kappa shape index (κ3) is 4.52. The van der Waals surface area contributed by atoms with E-state index < -0.39 is 0 Å². The van der Waals surface area contributed by atoms with Gasteiger partial charge in [-0.3, -0.25) is 9.89 Å². The van der Waals surface area contributed by atoms with Gasteiger partial charge in [-0.15, -0.1) is 10.2 Å². The molecule has 0 unspecified atom stereocenters. The van der Waals surface area contributed by atoms with E-state index in [0.717, 1.165) is 63.3 Å². The standard InChI is InChI=1S/C21H31N7/c1-22-21(23-16-20-25-24-19-10-6-3-7-11-28(19)20)27-14-12-26(13-15-27)17-18-8-4-2-5-9-18/h2,4-5,8-9H,3,6-7,10-17H2,1H3,(H,22,23). The van der Waals surface area contributed by atoms with Crippen molar-refractivity contribution in [2.75, 3.05) is 33.2 Å². The second kappa shape index (κ2) is 9.19. The number of rotatable bonds is 4. The number of hydrogen-bond donors (Lipinski definition) is 1. The first-order valence-corrected chi connectivity index (χ1v) is 10.5. The molecule has 0 atom stereocenters. The molecule has 4 rings (SSSR count). The van der Waals surface area contributed by atoms with Gasteiger partial charge in [-0.25, -0.2) is 0 Å². The van der Waals surface area contributed by atoms with Crippen LogP contribution in [0, 0.1) is 0 Å². The lowest BCUT2D eigenvalue weighted by Gasteiger charge is -2.36. The molecule has 0 amide bonds. The molecule has 7 heteroatoms. The summed E-state index contributed by atoms with van der Waals surface area (Å²) in [6, 6.07) is 10.7. The van der Waals surface area contributed by atoms with Gasteiger partial charge in [0.2, 0.25) is 0 Å². The fraction of sp³-hybridized carbons (Fsp3) is 0.571. The van der Waals surface area contributed by atoms with E-state index in [-0.39, 0.29) is 0 Å². The summed E-state index contributed by atoms with van der Waals surface area (Å²) >= 11 is 0. The number of hydrogen-bond acceptors (Lipinski definition) is 4. The lowest BCUT2D eigenvalue weighted by Crippen LogP contribution is -2.52. The van der Waals surface area contributed by atoms with Crippen LogP contribution >= 0.6 is 0 Å². The van der Waals surface area contributed by atoms with Crippen LogP contribution in [0.2, 0.25) is 0 Å². The maximum absolute atomic E-state index is 4.51. The average Bonchev–Trinajstić information content (AvgIpc) is 2.96. The van der Waals surface area contributed by atoms with E-state index in [1.807, 2.05) is 7.05 Å². The zero-order valence-corrected chi connectivity index (χ0v) is 16.8. The van der Waals surface area contributed by atoms with E-state index >= 15 is 0 Å². The zero-order chi connectivity index (χ0) is 19.2. The molecule has 1 aromatic carbocycles. The first kappa shape index (κ1) is 18.9. The van der Waals surface area contributed by atoms with Gasteiger partial charge in [0, 0.05) is 52.7 Å². The molecule has 0 spiro atoms. The summed E-state index contributed by atoms with van der Waals surface area (Å²) in [6.07, 6.45) is 4.77. The van der Waals surface area contributed by atoms with Crippen molar-refractivity contribution in [3.63, 3.8) is 0 Å². The number of aryl methyl sites for hydroxylation is 1. The molecule has 2 aliphatic heterocycles. The van der Waals surface area contributed by atoms with Crippen LogP contribution in [0.25, 0.3) is 0 Å². The highest BCUT2D eigenvalue weighted by Gasteiger charge is 2.21. The third-order valence-corrected chi connectivity index (χ3v) is 5.72. The van der Waals surface area contributed by atoms with E-state index in [0.29, 0.717) is 6.54 Å². The number of nitrogens with zero attached hydrogens (tertiary/aromatic N) is 6. The SMILES string of the molecule is CN=C(NCc1nnc2n1CCCCC2)N1CCN(Cc2ccccc2)CC1. The van der Waals surface area contributed by atoms with Crippen LogP contribution in [0.15, 0.2) is 35.3 Å². The second-order valence-electron chi connectivity index (χ2n) is 7.64. The van der Waals surface area contributed by atoms with Gasteiger partial charge >= 0.3 is 0 Å². The van der Waals surface area contributed by atoms with Crippen LogP contribution < -0.4 is 5.32 Å². The van der Waals surface area contributed by atoms with E-state index in [1.165, 1.54) is 24.8 Å². The van der Waals surface area contributed by atoms with E-state index in [9.17, 15) is 0 Å². The summed E-state index contributed by atoms with van der Waals surface area (Å²) in [5.41, 5.74) is 1.38. The minimum Gasteiger partial charge on any atom is -0.349 e. The van der Waals surface area contributed by atoms with Gasteiger partial charge in [0.1, 0.15) is 5.82 Å². The molecule has 150 valence electrons. The van der Waals surface area contributed by atoms with Crippen molar-refractivity contribution in [2.24, 2.45) is 4.99 Å². The molecule has 3 heterocycles. The molecule has 7 nitrogen and oxygen atoms in total. The summed E-state index contributed by atoms with van der Waals surface area (Å²) in [5.74, 6) is 3.13. The smallest absolute Gasteiger partial charge is 0.194 e. The van der Waals surface area contributed by atoms with Crippen LogP contribution in [-0.2, 0) is 26.1 Å². The first-order valence-electron chi connectivity index (χ1n) is 10.5. The van der Waals surface area contributed by atoms with Gasteiger partial charge in [0.05, 0.1) is 6.54 Å². The summed E-state index contributed by atoms with van der Waals surface area (Å²) < 4.78 is 2.30. The predicted molar refractivity (Wildman–Crippen MR) is 111 cm³/mol. The van der Waals surface area contributed by atoms with Gasteiger partial charge < -0.3 is 14.8 Å². The number of guanidine groups is 1. The van der Waals surface area contributed by atoms with Crippen molar-refractivity contribution in [1.82, 2.24) is 29.9 Å². The van der Waals surface area contributed by atoms with Gasteiger partial charge in [0.15, 0.2) is 11.8 Å². The van der Waals surface area contributed by atoms with Crippen molar-refractivity contribution in [3.8, 4) is 0 Å². The molecule has 0 radical (unpaired) electrons. The van der Waals surface area contributed by atoms with E-state index in [1.54, 1.807) is 0 Å². The van der Waals surface area contributed by atoms with Crippen LogP contribution in [0.3, 0.4) is 0 Å². The Morgan fingerprint density at radius 3 is 2.61 bits per heavy atom. The Morgan fingerprint density at radius 1 is 1.00 bits per heavy atom. The Labute approximate surface area is 167 Å². The highest BCUT2D eigenvalue weighted by molar-refractivity contribution is 5.79. The lowest BCUT2D eigenvalue weighted by molar-refractivity contribution is 0.172. The Bertz CT molecular complexity index is 775. The molecule has 1 fully saturated rings. The van der Waals surface area contributed by atoms with Crippen molar-refractivity contribution in [1.29, 1.82) is 0 Å². The lowest BCUT2D eigenvalue weighted by atomic mass is 10.2. The van der Waals surface area contributed by atoms with Crippen molar-refractivity contribution in [3.05, 3.63) is 47.5 Å². The summed E-state index contributed by atoms with van der Waals surface area (Å²) in [7, 11) is 1.86. The van der Waals surface area contributed by atoms with E-state index in [2.05, 4.69) is 65.2 Å². The molecular formula is C21H31N7. The van der Waals surface area contributed by atoms with Gasteiger partial charge in [0.25, 0.3) is 0 Å². The largest absolute Gasteiger partial charge is 0.349 e. The molecule has 1 N–H and O–H groups in total. The number of nitrogens with one attached hydrogen (secondary N) is 1. The molecular weight excluding hydrogens is 350 g/mol. The molecule has 0 aliphatic carbocycles. The van der Waals surface area contributed by atoms with Crippen LogP contribution in [-0.4, -0.2) is 63.8 Å². The van der Waals surface area contributed by atoms with Gasteiger partial charge in [-0.2, -0.15) is 0 Å². The first-order chi connectivity index (χ1) is 13.8. The minimum absolute atomic E-state index is 0.684. The van der Waals surface area contributed by atoms with Crippen LogP contribution in [0.5, 0.6) is 0 Å². The quantitative estimate of drug-likeness (QED) is 0.647. The molecule has 2 aliphatic rings. The fourth-order valence-corrected chi connectivity index (χ4v) is 4.13. The average molecular weight is 382 g/mol. The normalized spacial score (nSPS) is 18.6. The molecule has 0 saturated carbocycles. The van der Waals surface area contributed by atoms with Crippen molar-refractivity contribution < 1.29 is 0 Å². The van der Waals surface area contributed by atoms with Gasteiger partial charge in [-0.1, -0.05) is 36.8 Å². The maximum Gasteiger partial charge on any atom is 0.194 e. The monoisotopic (exact) mass is 381 g/mol. The Hall–Kier alpha value is -2.41. The molecule has 28 heavy (non-hydrogen) atoms. The number of benzene rings is 1. The zero-order valence-electron chi connectivity index (χ0n) is 16.8. The highest BCUT2D eigenvalue weighted by Crippen LogP contribution is 2.14. The third-order valence-electron chi connectivity index (χ3n) is 5.72. The molecule has 2 aromatic rings. The summed E-state index contributed by atoms with van der Waals surface area (Å²) in [6.45, 7) is 6.83. The maximum atomic E-state index is 4.51. The predicted octanol–water partition coefficient (Wildman–Crippen LogP) is 1.90. The minimum atomic E-state index is 0.684. The van der Waals surface area contributed by atoms with Crippen LogP contribution in [0.4, 0.5) is 0 Å². The Morgan fingerprint density at radius 2 is 1.82 bits per heavy atom. The summed E-state index contributed by atoms with van der Waals surface area (Å²) in [4.78, 5) is 9.37. The number of aromatic nitrogens is 3. The number of fused-ring (bicyclic) bond motifs is 1. The van der Waals surface area contributed by atoms with Crippen LogP contribution in [0.1, 0.15) is 36.5 Å².